The molecule has 0 saturated heterocycles. The first-order chi connectivity index (χ1) is 10.1. The van der Waals surface area contributed by atoms with Crippen molar-refractivity contribution in [1.29, 1.82) is 0 Å². The molecule has 0 aliphatic heterocycles. The molecular formula is C16H21NO4. The van der Waals surface area contributed by atoms with Crippen molar-refractivity contribution in [2.75, 3.05) is 27.3 Å². The number of nitrogens with zero attached hydrogens (tertiary/aromatic N) is 1. The topological polar surface area (TPSA) is 55.8 Å². The second kappa shape index (κ2) is 8.79. The molecular weight excluding hydrogens is 270 g/mol. The molecule has 1 aromatic rings. The van der Waals surface area contributed by atoms with E-state index in [0.29, 0.717) is 6.61 Å². The summed E-state index contributed by atoms with van der Waals surface area (Å²) in [6.45, 7) is 2.58. The lowest BCUT2D eigenvalue weighted by Crippen LogP contribution is -2.31. The summed E-state index contributed by atoms with van der Waals surface area (Å²) in [6, 6.07) is 7.49. The molecule has 0 aromatic heterocycles. The number of para-hydroxylation sites is 1. The van der Waals surface area contributed by atoms with Crippen molar-refractivity contribution in [2.24, 2.45) is 0 Å². The molecule has 0 aliphatic rings. The summed E-state index contributed by atoms with van der Waals surface area (Å²) in [5, 5.41) is 0. The first-order valence-electron chi connectivity index (χ1n) is 6.80. The quantitative estimate of drug-likeness (QED) is 0.570. The van der Waals surface area contributed by atoms with E-state index in [-0.39, 0.29) is 12.5 Å². The van der Waals surface area contributed by atoms with Crippen molar-refractivity contribution >= 4 is 18.0 Å². The fourth-order valence-electron chi connectivity index (χ4n) is 1.59. The average Bonchev–Trinajstić information content (AvgIpc) is 2.50. The monoisotopic (exact) mass is 291 g/mol. The van der Waals surface area contributed by atoms with Gasteiger partial charge in [0.25, 0.3) is 0 Å². The van der Waals surface area contributed by atoms with E-state index >= 15 is 0 Å². The van der Waals surface area contributed by atoms with Gasteiger partial charge in [-0.3, -0.25) is 9.59 Å². The molecule has 114 valence electrons. The molecule has 5 nitrogen and oxygen atoms in total. The minimum atomic E-state index is -0.453. The molecule has 21 heavy (non-hydrogen) atoms. The Hall–Kier alpha value is -2.30. The molecule has 0 radical (unpaired) electrons. The number of likely N-dealkylation sites (N-methyl/N-ethyl adjacent to an activating group) is 1. The van der Waals surface area contributed by atoms with Crippen molar-refractivity contribution in [3.05, 3.63) is 35.9 Å². The number of hydrogen-bond donors (Lipinski definition) is 0. The van der Waals surface area contributed by atoms with Crippen molar-refractivity contribution in [3.63, 3.8) is 0 Å². The van der Waals surface area contributed by atoms with E-state index in [1.54, 1.807) is 13.1 Å². The number of carbonyl (C=O) groups excluding carboxylic acids is 2. The first kappa shape index (κ1) is 16.8. The Balaban J connectivity index is 2.71. The van der Waals surface area contributed by atoms with Gasteiger partial charge in [-0.1, -0.05) is 25.1 Å². The zero-order valence-corrected chi connectivity index (χ0v) is 12.7. The van der Waals surface area contributed by atoms with Gasteiger partial charge in [0.1, 0.15) is 12.3 Å². The molecule has 1 aromatic carbocycles. The highest BCUT2D eigenvalue weighted by molar-refractivity contribution is 5.93. The standard InChI is InChI=1S/C16H21NO4/c1-4-11-21-14-8-6-5-7-13(14)9-10-15(18)17(2)12-16(19)20-3/h5-10H,4,11-12H2,1-3H3/b10-9+. The minimum Gasteiger partial charge on any atom is -0.493 e. The minimum absolute atomic E-state index is 0.0757. The molecule has 0 spiro atoms. The Bertz CT molecular complexity index is 511. The van der Waals surface area contributed by atoms with E-state index in [0.717, 1.165) is 17.7 Å². The normalized spacial score (nSPS) is 10.4. The number of benzene rings is 1. The van der Waals surface area contributed by atoms with Gasteiger partial charge in [-0.25, -0.2) is 0 Å². The number of hydrogen-bond acceptors (Lipinski definition) is 4. The summed E-state index contributed by atoms with van der Waals surface area (Å²) >= 11 is 0. The van der Waals surface area contributed by atoms with Crippen LogP contribution in [0, 0.1) is 0 Å². The summed E-state index contributed by atoms with van der Waals surface area (Å²) in [7, 11) is 2.83. The summed E-state index contributed by atoms with van der Waals surface area (Å²) in [5.41, 5.74) is 0.825. The van der Waals surface area contributed by atoms with Gasteiger partial charge in [-0.2, -0.15) is 0 Å². The van der Waals surface area contributed by atoms with Gasteiger partial charge in [-0.15, -0.1) is 0 Å². The molecule has 0 atom stereocenters. The lowest BCUT2D eigenvalue weighted by molar-refractivity contribution is -0.144. The number of methoxy groups -OCH3 is 1. The van der Waals surface area contributed by atoms with Gasteiger partial charge in [0.2, 0.25) is 5.91 Å². The van der Waals surface area contributed by atoms with Gasteiger partial charge in [0.05, 0.1) is 13.7 Å². The van der Waals surface area contributed by atoms with Crippen LogP contribution in [0.3, 0.4) is 0 Å². The van der Waals surface area contributed by atoms with Crippen LogP contribution in [0.25, 0.3) is 6.08 Å². The van der Waals surface area contributed by atoms with Crippen LogP contribution in [-0.2, 0) is 14.3 Å². The van der Waals surface area contributed by atoms with E-state index in [4.69, 9.17) is 4.74 Å². The Morgan fingerprint density at radius 1 is 1.29 bits per heavy atom. The highest BCUT2D eigenvalue weighted by atomic mass is 16.5. The van der Waals surface area contributed by atoms with E-state index in [1.165, 1.54) is 18.1 Å². The lowest BCUT2D eigenvalue weighted by Gasteiger charge is -2.13. The van der Waals surface area contributed by atoms with E-state index in [2.05, 4.69) is 4.74 Å². The predicted molar refractivity (Wildman–Crippen MR) is 80.9 cm³/mol. The summed E-state index contributed by atoms with van der Waals surface area (Å²) in [6.07, 6.45) is 4.01. The second-order valence-corrected chi connectivity index (χ2v) is 4.49. The zero-order chi connectivity index (χ0) is 15.7. The predicted octanol–water partition coefficient (Wildman–Crippen LogP) is 2.12. The molecule has 1 amide bonds. The van der Waals surface area contributed by atoms with Crippen LogP contribution in [0.1, 0.15) is 18.9 Å². The first-order valence-corrected chi connectivity index (χ1v) is 6.80. The van der Waals surface area contributed by atoms with Crippen molar-refractivity contribution in [1.82, 2.24) is 4.90 Å². The maximum absolute atomic E-state index is 11.9. The Morgan fingerprint density at radius 3 is 2.67 bits per heavy atom. The maximum atomic E-state index is 11.9. The highest BCUT2D eigenvalue weighted by Gasteiger charge is 2.10. The van der Waals surface area contributed by atoms with Gasteiger partial charge < -0.3 is 14.4 Å². The van der Waals surface area contributed by atoms with Crippen LogP contribution in [0.5, 0.6) is 5.75 Å². The van der Waals surface area contributed by atoms with E-state index in [9.17, 15) is 9.59 Å². The molecule has 0 unspecified atom stereocenters. The molecule has 0 aliphatic carbocycles. The summed E-state index contributed by atoms with van der Waals surface area (Å²) < 4.78 is 10.1. The summed E-state index contributed by atoms with van der Waals surface area (Å²) in [4.78, 5) is 24.3. The molecule has 0 heterocycles. The maximum Gasteiger partial charge on any atom is 0.325 e. The van der Waals surface area contributed by atoms with Crippen LogP contribution >= 0.6 is 0 Å². The number of ether oxygens (including phenoxy) is 2. The fraction of sp³-hybridized carbons (Fsp3) is 0.375. The van der Waals surface area contributed by atoms with Gasteiger partial charge in [-0.05, 0) is 18.6 Å². The Kier molecular flexibility index (Phi) is 7.01. The fourth-order valence-corrected chi connectivity index (χ4v) is 1.59. The SMILES string of the molecule is CCCOc1ccccc1/C=C/C(=O)N(C)CC(=O)OC. The highest BCUT2D eigenvalue weighted by Crippen LogP contribution is 2.19. The molecule has 0 bridgehead atoms. The van der Waals surface area contributed by atoms with Crippen LogP contribution in [-0.4, -0.2) is 44.1 Å². The molecule has 5 heteroatoms. The third-order valence-corrected chi connectivity index (χ3v) is 2.76. The Morgan fingerprint density at radius 2 is 2.00 bits per heavy atom. The number of amides is 1. The van der Waals surface area contributed by atoms with Crippen LogP contribution < -0.4 is 4.74 Å². The lowest BCUT2D eigenvalue weighted by atomic mass is 10.2. The van der Waals surface area contributed by atoms with Crippen LogP contribution in [0.2, 0.25) is 0 Å². The Labute approximate surface area is 125 Å². The number of rotatable bonds is 7. The zero-order valence-electron chi connectivity index (χ0n) is 12.7. The third kappa shape index (κ3) is 5.69. The largest absolute Gasteiger partial charge is 0.493 e. The molecule has 1 rings (SSSR count). The van der Waals surface area contributed by atoms with Crippen molar-refractivity contribution in [2.45, 2.75) is 13.3 Å². The van der Waals surface area contributed by atoms with Crippen molar-refractivity contribution in [3.8, 4) is 5.75 Å². The van der Waals surface area contributed by atoms with E-state index < -0.39 is 5.97 Å². The number of esters is 1. The van der Waals surface area contributed by atoms with Gasteiger partial charge >= 0.3 is 5.97 Å². The number of carbonyl (C=O) groups is 2. The van der Waals surface area contributed by atoms with Gasteiger partial charge in [0, 0.05) is 18.7 Å². The third-order valence-electron chi connectivity index (χ3n) is 2.76. The second-order valence-electron chi connectivity index (χ2n) is 4.49. The van der Waals surface area contributed by atoms with E-state index in [1.807, 2.05) is 31.2 Å². The van der Waals surface area contributed by atoms with Crippen molar-refractivity contribution < 1.29 is 19.1 Å². The average molecular weight is 291 g/mol. The van der Waals surface area contributed by atoms with Gasteiger partial charge in [0.15, 0.2) is 0 Å². The molecule has 0 N–H and O–H groups in total. The smallest absolute Gasteiger partial charge is 0.325 e. The summed E-state index contributed by atoms with van der Waals surface area (Å²) in [5.74, 6) is 0.00986. The molecule has 0 fully saturated rings. The van der Waals surface area contributed by atoms with Crippen LogP contribution in [0.15, 0.2) is 30.3 Å². The van der Waals surface area contributed by atoms with Crippen LogP contribution in [0.4, 0.5) is 0 Å². The molecule has 0 saturated carbocycles.